The Bertz CT molecular complexity index is 982. The number of rotatable bonds is 4. The molecular weight excluding hydrogens is 322 g/mol. The number of nitrogens with zero attached hydrogens (tertiary/aromatic N) is 1. The fourth-order valence-electron chi connectivity index (χ4n) is 3.59. The lowest BCUT2D eigenvalue weighted by Crippen LogP contribution is -2.06. The maximum absolute atomic E-state index is 5.84. The first-order valence-electron chi connectivity index (χ1n) is 9.08. The summed E-state index contributed by atoms with van der Waals surface area (Å²) in [5.41, 5.74) is 7.95. The molecule has 132 valence electrons. The second-order valence-electron chi connectivity index (χ2n) is 7.11. The van der Waals surface area contributed by atoms with Crippen LogP contribution in [0.15, 0.2) is 47.5 Å². The highest BCUT2D eigenvalue weighted by Crippen LogP contribution is 2.39. The summed E-state index contributed by atoms with van der Waals surface area (Å²) in [6.07, 6.45) is 3.97. The zero-order chi connectivity index (χ0) is 18.3. The average Bonchev–Trinajstić information content (AvgIpc) is 3.07. The van der Waals surface area contributed by atoms with Gasteiger partial charge in [0.1, 0.15) is 11.4 Å². The molecule has 0 unspecified atom stereocenters. The fourth-order valence-corrected chi connectivity index (χ4v) is 3.59. The van der Waals surface area contributed by atoms with E-state index in [1.807, 2.05) is 26.0 Å². The predicted octanol–water partition coefficient (Wildman–Crippen LogP) is 5.85. The van der Waals surface area contributed by atoms with Crippen LogP contribution in [0.2, 0.25) is 0 Å². The van der Waals surface area contributed by atoms with Crippen molar-refractivity contribution in [1.29, 1.82) is 0 Å². The van der Waals surface area contributed by atoms with Crippen molar-refractivity contribution >= 4 is 6.08 Å². The van der Waals surface area contributed by atoms with E-state index in [1.54, 1.807) is 0 Å². The van der Waals surface area contributed by atoms with Gasteiger partial charge in [0.15, 0.2) is 5.76 Å². The zero-order valence-corrected chi connectivity index (χ0v) is 15.5. The van der Waals surface area contributed by atoms with E-state index in [0.717, 1.165) is 46.7 Å². The van der Waals surface area contributed by atoms with Gasteiger partial charge in [-0.3, -0.25) is 0 Å². The van der Waals surface area contributed by atoms with E-state index in [4.69, 9.17) is 9.26 Å². The van der Waals surface area contributed by atoms with Crippen molar-refractivity contribution in [2.45, 2.75) is 39.7 Å². The Morgan fingerprint density at radius 2 is 2.00 bits per heavy atom. The molecule has 0 amide bonds. The smallest absolute Gasteiger partial charge is 0.170 e. The van der Waals surface area contributed by atoms with Gasteiger partial charge in [-0.05, 0) is 68.5 Å². The first-order chi connectivity index (χ1) is 12.6. The molecule has 1 aliphatic rings. The van der Waals surface area contributed by atoms with Gasteiger partial charge in [-0.1, -0.05) is 36.0 Å². The van der Waals surface area contributed by atoms with Crippen LogP contribution < -0.4 is 4.74 Å². The predicted molar refractivity (Wildman–Crippen MR) is 105 cm³/mol. The van der Waals surface area contributed by atoms with Crippen LogP contribution in [0.1, 0.15) is 36.1 Å². The van der Waals surface area contributed by atoms with E-state index in [9.17, 15) is 0 Å². The van der Waals surface area contributed by atoms with Crippen molar-refractivity contribution in [2.75, 3.05) is 0 Å². The quantitative estimate of drug-likeness (QED) is 0.595. The summed E-state index contributed by atoms with van der Waals surface area (Å²) < 4.78 is 11.6. The summed E-state index contributed by atoms with van der Waals surface area (Å²) in [6, 6.07) is 12.6. The molecule has 0 fully saturated rings. The van der Waals surface area contributed by atoms with E-state index in [1.165, 1.54) is 16.7 Å². The Kier molecular flexibility index (Phi) is 4.15. The molecule has 2 aromatic carbocycles. The first kappa shape index (κ1) is 16.6. The number of benzene rings is 2. The van der Waals surface area contributed by atoms with Crippen molar-refractivity contribution in [2.24, 2.45) is 0 Å². The van der Waals surface area contributed by atoms with Gasteiger partial charge in [0, 0.05) is 16.7 Å². The lowest BCUT2D eigenvalue weighted by Gasteiger charge is -2.16. The maximum Gasteiger partial charge on any atom is 0.170 e. The van der Waals surface area contributed by atoms with E-state index in [2.05, 4.69) is 49.0 Å². The number of hydrogen-bond acceptors (Lipinski definition) is 3. The molecule has 0 radical (unpaired) electrons. The van der Waals surface area contributed by atoms with Crippen LogP contribution >= 0.6 is 0 Å². The van der Waals surface area contributed by atoms with Gasteiger partial charge in [-0.15, -0.1) is 0 Å². The zero-order valence-electron chi connectivity index (χ0n) is 15.5. The third kappa shape index (κ3) is 2.84. The van der Waals surface area contributed by atoms with Crippen molar-refractivity contribution in [3.63, 3.8) is 0 Å². The third-order valence-corrected chi connectivity index (χ3v) is 4.85. The Hall–Kier alpha value is -2.81. The van der Waals surface area contributed by atoms with E-state index in [-0.39, 0.29) is 6.10 Å². The van der Waals surface area contributed by atoms with E-state index in [0.29, 0.717) is 0 Å². The van der Waals surface area contributed by atoms with Gasteiger partial charge >= 0.3 is 0 Å². The van der Waals surface area contributed by atoms with Crippen LogP contribution in [0.3, 0.4) is 0 Å². The molecule has 0 N–H and O–H groups in total. The molecule has 1 aromatic heterocycles. The third-order valence-electron chi connectivity index (χ3n) is 4.85. The van der Waals surface area contributed by atoms with Gasteiger partial charge in [-0.25, -0.2) is 0 Å². The van der Waals surface area contributed by atoms with Gasteiger partial charge in [0.05, 0.1) is 6.10 Å². The van der Waals surface area contributed by atoms with Crippen LogP contribution in [0, 0.1) is 6.92 Å². The highest BCUT2D eigenvalue weighted by molar-refractivity contribution is 5.77. The summed E-state index contributed by atoms with van der Waals surface area (Å²) in [5, 5.41) is 4.40. The molecule has 0 saturated heterocycles. The normalized spacial score (nSPS) is 12.6. The molecule has 1 aliphatic carbocycles. The summed E-state index contributed by atoms with van der Waals surface area (Å²) >= 11 is 0. The molecule has 3 aromatic rings. The minimum atomic E-state index is 0.162. The number of hydrogen-bond donors (Lipinski definition) is 0. The molecule has 3 nitrogen and oxygen atoms in total. The van der Waals surface area contributed by atoms with Gasteiger partial charge < -0.3 is 9.26 Å². The largest absolute Gasteiger partial charge is 0.491 e. The summed E-state index contributed by atoms with van der Waals surface area (Å²) in [7, 11) is 0. The molecular formula is C23H23NO2. The number of aromatic nitrogens is 1. The Morgan fingerprint density at radius 1 is 1.15 bits per heavy atom. The van der Waals surface area contributed by atoms with Crippen molar-refractivity contribution < 1.29 is 9.26 Å². The minimum absolute atomic E-state index is 0.162. The Labute approximate surface area is 154 Å². The molecule has 0 bridgehead atoms. The van der Waals surface area contributed by atoms with Crippen molar-refractivity contribution in [3.05, 3.63) is 65.2 Å². The highest BCUT2D eigenvalue weighted by atomic mass is 16.5. The van der Waals surface area contributed by atoms with Crippen molar-refractivity contribution in [3.8, 4) is 28.3 Å². The number of ether oxygens (including phenoxy) is 1. The SMILES string of the molecule is C=Cc1ccc2c(c1)CCc1c-2noc1-c1ccc(OC(C)C)c(C)c1. The lowest BCUT2D eigenvalue weighted by molar-refractivity contribution is 0.241. The van der Waals surface area contributed by atoms with Crippen LogP contribution in [-0.4, -0.2) is 11.3 Å². The number of fused-ring (bicyclic) bond motifs is 3. The van der Waals surface area contributed by atoms with Gasteiger partial charge in [-0.2, -0.15) is 0 Å². The van der Waals surface area contributed by atoms with E-state index < -0.39 is 0 Å². The van der Waals surface area contributed by atoms with Gasteiger partial charge in [0.2, 0.25) is 0 Å². The summed E-state index contributed by atoms with van der Waals surface area (Å²) in [6.45, 7) is 10.00. The Morgan fingerprint density at radius 3 is 2.73 bits per heavy atom. The summed E-state index contributed by atoms with van der Waals surface area (Å²) in [5.74, 6) is 1.79. The molecule has 4 rings (SSSR count). The van der Waals surface area contributed by atoms with Crippen LogP contribution in [0.4, 0.5) is 0 Å². The molecule has 26 heavy (non-hydrogen) atoms. The fraction of sp³-hybridized carbons (Fsp3) is 0.261. The minimum Gasteiger partial charge on any atom is -0.491 e. The first-order valence-corrected chi connectivity index (χ1v) is 9.08. The molecule has 0 aliphatic heterocycles. The summed E-state index contributed by atoms with van der Waals surface area (Å²) in [4.78, 5) is 0. The van der Waals surface area contributed by atoms with Crippen LogP contribution in [-0.2, 0) is 12.8 Å². The Balaban J connectivity index is 1.74. The van der Waals surface area contributed by atoms with Crippen LogP contribution in [0.5, 0.6) is 5.75 Å². The van der Waals surface area contributed by atoms with Gasteiger partial charge in [0.25, 0.3) is 0 Å². The molecule has 3 heteroatoms. The highest BCUT2D eigenvalue weighted by Gasteiger charge is 2.25. The molecule has 0 atom stereocenters. The standard InChI is InChI=1S/C23H23NO2/c1-5-16-6-9-19-17(13-16)7-10-20-22(19)24-26-23(20)18-8-11-21(15(4)12-18)25-14(2)3/h5-6,8-9,11-14H,1,7,10H2,2-4H3. The lowest BCUT2D eigenvalue weighted by atomic mass is 9.87. The monoisotopic (exact) mass is 345 g/mol. The molecule has 1 heterocycles. The van der Waals surface area contributed by atoms with Crippen molar-refractivity contribution in [1.82, 2.24) is 5.16 Å². The van der Waals surface area contributed by atoms with Crippen LogP contribution in [0.25, 0.3) is 28.7 Å². The molecule has 0 saturated carbocycles. The second-order valence-corrected chi connectivity index (χ2v) is 7.11. The topological polar surface area (TPSA) is 35.3 Å². The number of aryl methyl sites for hydroxylation is 2. The second kappa shape index (κ2) is 6.49. The van der Waals surface area contributed by atoms with E-state index >= 15 is 0 Å². The molecule has 0 spiro atoms. The maximum atomic E-state index is 5.84. The average molecular weight is 345 g/mol.